The number of carbonyl (C=O) groups excluding carboxylic acids is 1. The van der Waals surface area contributed by atoms with E-state index >= 15 is 0 Å². The number of esters is 1. The van der Waals surface area contributed by atoms with Gasteiger partial charge in [-0.05, 0) is 41.8 Å². The molecule has 0 aliphatic heterocycles. The Morgan fingerprint density at radius 2 is 1.78 bits per heavy atom. The number of ether oxygens (including phenoxy) is 2. The summed E-state index contributed by atoms with van der Waals surface area (Å²) in [6.07, 6.45) is 9.22. The smallest absolute Gasteiger partial charge is 0.322 e. The number of aromatic nitrogens is 1. The summed E-state index contributed by atoms with van der Waals surface area (Å²) < 4.78 is 24.4. The number of nitrogens with zero attached hydrogens (tertiary/aromatic N) is 1. The van der Waals surface area contributed by atoms with Gasteiger partial charge in [0.15, 0.2) is 0 Å². The van der Waals surface area contributed by atoms with Crippen LogP contribution in [-0.2, 0) is 14.9 Å². The molecule has 0 bridgehead atoms. The van der Waals surface area contributed by atoms with Crippen molar-refractivity contribution in [1.82, 2.24) is 4.98 Å². The Hall–Kier alpha value is -3.91. The second-order valence-corrected chi connectivity index (χ2v) is 7.51. The average molecular weight is 429 g/mol. The molecule has 4 nitrogen and oxygen atoms in total. The number of benzene rings is 2. The zero-order valence-electron chi connectivity index (χ0n) is 18.2. The topological polar surface area (TPSA) is 48.4 Å². The third-order valence-corrected chi connectivity index (χ3v) is 5.23. The SMILES string of the molecule is C#Cc1ccc(Oc2ccccc2)nc1C(C=Cc1ccc(F)cc1)(C(=O)OC)C(C)C. The van der Waals surface area contributed by atoms with Crippen molar-refractivity contribution >= 4 is 12.0 Å². The summed E-state index contributed by atoms with van der Waals surface area (Å²) in [4.78, 5) is 17.9. The maximum absolute atomic E-state index is 13.3. The van der Waals surface area contributed by atoms with E-state index in [0.29, 0.717) is 22.9 Å². The fraction of sp³-hybridized carbons (Fsp3) is 0.185. The second-order valence-electron chi connectivity index (χ2n) is 7.51. The van der Waals surface area contributed by atoms with Gasteiger partial charge in [0, 0.05) is 11.6 Å². The number of carbonyl (C=O) groups is 1. The summed E-state index contributed by atoms with van der Waals surface area (Å²) in [5, 5.41) is 0. The lowest BCUT2D eigenvalue weighted by Crippen LogP contribution is -2.41. The van der Waals surface area contributed by atoms with Crippen molar-refractivity contribution in [2.75, 3.05) is 7.11 Å². The first kappa shape index (κ1) is 22.8. The molecule has 162 valence electrons. The zero-order valence-corrected chi connectivity index (χ0v) is 18.2. The van der Waals surface area contributed by atoms with Crippen LogP contribution in [0.2, 0.25) is 0 Å². The fourth-order valence-electron chi connectivity index (χ4n) is 3.45. The van der Waals surface area contributed by atoms with Gasteiger partial charge in [-0.3, -0.25) is 4.79 Å². The summed E-state index contributed by atoms with van der Waals surface area (Å²) in [7, 11) is 1.32. The van der Waals surface area contributed by atoms with Crippen molar-refractivity contribution < 1.29 is 18.7 Å². The van der Waals surface area contributed by atoms with Crippen molar-refractivity contribution in [2.24, 2.45) is 5.92 Å². The lowest BCUT2D eigenvalue weighted by atomic mass is 9.72. The quantitative estimate of drug-likeness (QED) is 0.353. The molecule has 3 rings (SSSR count). The highest BCUT2D eigenvalue weighted by Gasteiger charge is 2.45. The highest BCUT2D eigenvalue weighted by Crippen LogP contribution is 2.38. The number of halogens is 1. The van der Waals surface area contributed by atoms with Gasteiger partial charge in [0.05, 0.1) is 12.8 Å². The van der Waals surface area contributed by atoms with E-state index in [-0.39, 0.29) is 11.7 Å². The maximum atomic E-state index is 13.3. The second kappa shape index (κ2) is 9.93. The number of methoxy groups -OCH3 is 1. The van der Waals surface area contributed by atoms with Gasteiger partial charge in [0.1, 0.15) is 17.0 Å². The number of hydrogen-bond acceptors (Lipinski definition) is 4. The Morgan fingerprint density at radius 1 is 1.09 bits per heavy atom. The molecule has 0 aliphatic rings. The van der Waals surface area contributed by atoms with Gasteiger partial charge < -0.3 is 9.47 Å². The van der Waals surface area contributed by atoms with E-state index in [2.05, 4.69) is 10.9 Å². The summed E-state index contributed by atoms with van der Waals surface area (Å²) in [6, 6.07) is 18.5. The fourth-order valence-corrected chi connectivity index (χ4v) is 3.45. The lowest BCUT2D eigenvalue weighted by Gasteiger charge is -2.32. The molecule has 0 radical (unpaired) electrons. The van der Waals surface area contributed by atoms with Gasteiger partial charge in [-0.15, -0.1) is 6.42 Å². The minimum Gasteiger partial charge on any atom is -0.468 e. The molecule has 0 saturated heterocycles. The average Bonchev–Trinajstić information content (AvgIpc) is 2.81. The monoisotopic (exact) mass is 429 g/mol. The van der Waals surface area contributed by atoms with Gasteiger partial charge in [0.25, 0.3) is 0 Å². The molecule has 0 saturated carbocycles. The highest BCUT2D eigenvalue weighted by molar-refractivity contribution is 5.88. The van der Waals surface area contributed by atoms with Crippen LogP contribution in [0.25, 0.3) is 6.08 Å². The minimum atomic E-state index is -1.29. The predicted molar refractivity (Wildman–Crippen MR) is 123 cm³/mol. The highest BCUT2D eigenvalue weighted by atomic mass is 19.1. The molecule has 1 unspecified atom stereocenters. The van der Waals surface area contributed by atoms with Crippen LogP contribution in [0.3, 0.4) is 0 Å². The van der Waals surface area contributed by atoms with Crippen LogP contribution in [0.4, 0.5) is 4.39 Å². The number of pyridine rings is 1. The predicted octanol–water partition coefficient (Wildman–Crippen LogP) is 5.77. The molecule has 1 aromatic heterocycles. The van der Waals surface area contributed by atoms with Crippen molar-refractivity contribution in [3.63, 3.8) is 0 Å². The minimum absolute atomic E-state index is 0.266. The Kier molecular flexibility index (Phi) is 7.07. The van der Waals surface area contributed by atoms with Crippen LogP contribution < -0.4 is 4.74 Å². The molecule has 1 atom stereocenters. The molecule has 0 spiro atoms. The molecule has 0 amide bonds. The zero-order chi connectivity index (χ0) is 23.1. The van der Waals surface area contributed by atoms with Crippen LogP contribution in [-0.4, -0.2) is 18.1 Å². The van der Waals surface area contributed by atoms with Crippen LogP contribution in [0, 0.1) is 24.1 Å². The molecule has 3 aromatic rings. The Balaban J connectivity index is 2.16. The van der Waals surface area contributed by atoms with E-state index in [1.807, 2.05) is 32.0 Å². The molecule has 5 heteroatoms. The first-order valence-electron chi connectivity index (χ1n) is 10.1. The van der Waals surface area contributed by atoms with Gasteiger partial charge >= 0.3 is 5.97 Å². The van der Waals surface area contributed by atoms with Crippen molar-refractivity contribution in [1.29, 1.82) is 0 Å². The molecule has 1 heterocycles. The van der Waals surface area contributed by atoms with E-state index in [1.54, 1.807) is 48.6 Å². The van der Waals surface area contributed by atoms with E-state index in [1.165, 1.54) is 19.2 Å². The van der Waals surface area contributed by atoms with E-state index in [9.17, 15) is 9.18 Å². The lowest BCUT2D eigenvalue weighted by molar-refractivity contribution is -0.147. The molecule has 0 fully saturated rings. The van der Waals surface area contributed by atoms with E-state index < -0.39 is 11.4 Å². The Morgan fingerprint density at radius 3 is 2.38 bits per heavy atom. The first-order chi connectivity index (χ1) is 15.4. The Labute approximate surface area is 187 Å². The maximum Gasteiger partial charge on any atom is 0.322 e. The first-order valence-corrected chi connectivity index (χ1v) is 10.1. The molecule has 2 aromatic carbocycles. The van der Waals surface area contributed by atoms with Crippen molar-refractivity contribution in [3.8, 4) is 24.0 Å². The van der Waals surface area contributed by atoms with Gasteiger partial charge in [-0.25, -0.2) is 9.37 Å². The standard InChI is InChI=1S/C27H24FNO3/c1-5-21-13-16-24(32-23-9-7-6-8-10-23)29-25(21)27(19(2)3,26(30)31-4)18-17-20-11-14-22(28)15-12-20/h1,6-19H,2-4H3. The van der Waals surface area contributed by atoms with Crippen LogP contribution in [0.5, 0.6) is 11.6 Å². The van der Waals surface area contributed by atoms with E-state index in [4.69, 9.17) is 15.9 Å². The third-order valence-electron chi connectivity index (χ3n) is 5.23. The van der Waals surface area contributed by atoms with Crippen molar-refractivity contribution in [2.45, 2.75) is 19.3 Å². The molecule has 0 aliphatic carbocycles. The third kappa shape index (κ3) is 4.70. The Bertz CT molecular complexity index is 1150. The normalized spacial score (nSPS) is 12.9. The van der Waals surface area contributed by atoms with E-state index in [0.717, 1.165) is 5.56 Å². The number of hydrogen-bond donors (Lipinski definition) is 0. The molecular formula is C27H24FNO3. The van der Waals surface area contributed by atoms with Gasteiger partial charge in [-0.2, -0.15) is 0 Å². The van der Waals surface area contributed by atoms with Gasteiger partial charge in [-0.1, -0.05) is 62.3 Å². The molecule has 32 heavy (non-hydrogen) atoms. The van der Waals surface area contributed by atoms with Crippen LogP contribution >= 0.6 is 0 Å². The summed E-state index contributed by atoms with van der Waals surface area (Å²) >= 11 is 0. The van der Waals surface area contributed by atoms with Crippen molar-refractivity contribution in [3.05, 3.63) is 95.4 Å². The van der Waals surface area contributed by atoms with Gasteiger partial charge in [0.2, 0.25) is 5.88 Å². The van der Waals surface area contributed by atoms with Crippen LogP contribution in [0.15, 0.2) is 72.8 Å². The summed E-state index contributed by atoms with van der Waals surface area (Å²) in [5.74, 6) is 2.41. The largest absolute Gasteiger partial charge is 0.468 e. The van der Waals surface area contributed by atoms with Crippen LogP contribution in [0.1, 0.15) is 30.7 Å². The summed E-state index contributed by atoms with van der Waals surface area (Å²) in [5.41, 5.74) is 0.238. The number of para-hydroxylation sites is 1. The number of rotatable bonds is 7. The molecule has 0 N–H and O–H groups in total. The number of terminal acetylenes is 1. The summed E-state index contributed by atoms with van der Waals surface area (Å²) in [6.45, 7) is 3.78. The molecular weight excluding hydrogens is 405 g/mol.